The summed E-state index contributed by atoms with van der Waals surface area (Å²) in [5.41, 5.74) is 12.2. The molecule has 0 radical (unpaired) electrons. The first kappa shape index (κ1) is 30.0. The summed E-state index contributed by atoms with van der Waals surface area (Å²) >= 11 is 0. The van der Waals surface area contributed by atoms with Crippen molar-refractivity contribution in [1.82, 2.24) is 0 Å². The third-order valence-corrected chi connectivity index (χ3v) is 10.2. The second kappa shape index (κ2) is 12.5. The van der Waals surface area contributed by atoms with Gasteiger partial charge in [-0.25, -0.2) is 0 Å². The third-order valence-electron chi connectivity index (χ3n) is 10.2. The Bertz CT molecular complexity index is 2880. The van der Waals surface area contributed by atoms with E-state index in [2.05, 4.69) is 199 Å². The van der Waals surface area contributed by atoms with Crippen LogP contribution in [0.1, 0.15) is 0 Å². The highest BCUT2D eigenvalue weighted by Crippen LogP contribution is 2.43. The molecular formula is C50H33NO. The Balaban J connectivity index is 1.11. The number of hydrogen-bond acceptors (Lipinski definition) is 2. The molecule has 0 saturated carbocycles. The molecule has 0 N–H and O–H groups in total. The maximum Gasteiger partial charge on any atom is 0.143 e. The molecule has 2 nitrogen and oxygen atoms in total. The molecule has 0 aliphatic rings. The zero-order valence-electron chi connectivity index (χ0n) is 28.4. The zero-order valence-corrected chi connectivity index (χ0v) is 28.4. The van der Waals surface area contributed by atoms with Gasteiger partial charge in [0.05, 0.1) is 0 Å². The van der Waals surface area contributed by atoms with Gasteiger partial charge >= 0.3 is 0 Å². The maximum atomic E-state index is 6.51. The van der Waals surface area contributed by atoms with Gasteiger partial charge in [-0.1, -0.05) is 152 Å². The van der Waals surface area contributed by atoms with Crippen molar-refractivity contribution < 1.29 is 4.42 Å². The molecule has 0 spiro atoms. The van der Waals surface area contributed by atoms with Gasteiger partial charge in [0.15, 0.2) is 0 Å². The standard InChI is InChI=1S/C50H33NO/c1-2-12-34(13-3-1)38-17-10-18-42(32-38)51(40-28-24-36(25-29-40)44-22-11-16-35-14-4-6-19-43(35)44)41-30-26-37(27-31-41)47-33-39-15-5-7-20-45(39)50-49(47)46-21-8-9-23-48(46)52-50/h1-33H. The highest BCUT2D eigenvalue weighted by atomic mass is 16.3. The van der Waals surface area contributed by atoms with E-state index >= 15 is 0 Å². The average molecular weight is 664 g/mol. The van der Waals surface area contributed by atoms with Crippen LogP contribution in [0.4, 0.5) is 17.1 Å². The molecule has 9 aromatic carbocycles. The van der Waals surface area contributed by atoms with Crippen LogP contribution in [-0.2, 0) is 0 Å². The summed E-state index contributed by atoms with van der Waals surface area (Å²) in [7, 11) is 0. The number of hydrogen-bond donors (Lipinski definition) is 0. The van der Waals surface area contributed by atoms with Crippen LogP contribution in [0, 0.1) is 0 Å². The van der Waals surface area contributed by atoms with Crippen LogP contribution in [0.2, 0.25) is 0 Å². The van der Waals surface area contributed by atoms with E-state index in [0.717, 1.165) is 50.0 Å². The summed E-state index contributed by atoms with van der Waals surface area (Å²) in [5.74, 6) is 0. The molecule has 0 fully saturated rings. The van der Waals surface area contributed by atoms with E-state index < -0.39 is 0 Å². The molecular weight excluding hydrogens is 631 g/mol. The lowest BCUT2D eigenvalue weighted by atomic mass is 9.95. The first-order valence-electron chi connectivity index (χ1n) is 17.8. The normalized spacial score (nSPS) is 11.5. The molecule has 244 valence electrons. The van der Waals surface area contributed by atoms with Gasteiger partial charge in [0.1, 0.15) is 11.2 Å². The molecule has 1 heterocycles. The van der Waals surface area contributed by atoms with Gasteiger partial charge in [0.25, 0.3) is 0 Å². The van der Waals surface area contributed by atoms with Crippen molar-refractivity contribution in [2.75, 3.05) is 4.90 Å². The Morgan fingerprint density at radius 2 is 0.904 bits per heavy atom. The van der Waals surface area contributed by atoms with Gasteiger partial charge in [-0.3, -0.25) is 0 Å². The quantitative estimate of drug-likeness (QED) is 0.176. The molecule has 0 aliphatic heterocycles. The summed E-state index contributed by atoms with van der Waals surface area (Å²) in [6, 6.07) is 71.6. The lowest BCUT2D eigenvalue weighted by molar-refractivity contribution is 0.673. The number of furan rings is 1. The summed E-state index contributed by atoms with van der Waals surface area (Å²) in [5, 5.41) is 7.08. The van der Waals surface area contributed by atoms with Gasteiger partial charge in [0.2, 0.25) is 0 Å². The largest absolute Gasteiger partial charge is 0.455 e. The van der Waals surface area contributed by atoms with Crippen LogP contribution < -0.4 is 4.90 Å². The molecule has 10 aromatic rings. The van der Waals surface area contributed by atoms with Gasteiger partial charge in [-0.15, -0.1) is 0 Å². The minimum atomic E-state index is 0.906. The number of nitrogens with zero attached hydrogens (tertiary/aromatic N) is 1. The molecule has 10 rings (SSSR count). The second-order valence-electron chi connectivity index (χ2n) is 13.3. The predicted octanol–water partition coefficient (Wildman–Crippen LogP) is 14.4. The van der Waals surface area contributed by atoms with E-state index in [-0.39, 0.29) is 0 Å². The summed E-state index contributed by atoms with van der Waals surface area (Å²) in [6.45, 7) is 0. The molecule has 1 aromatic heterocycles. The van der Waals surface area contributed by atoms with Crippen LogP contribution in [0.5, 0.6) is 0 Å². The van der Waals surface area contributed by atoms with Gasteiger partial charge in [-0.05, 0) is 98.1 Å². The Morgan fingerprint density at radius 3 is 1.67 bits per heavy atom. The Kier molecular flexibility index (Phi) is 7.18. The minimum Gasteiger partial charge on any atom is -0.455 e. The SMILES string of the molecule is c1ccc(-c2cccc(N(c3ccc(-c4cccc5ccccc45)cc3)c3ccc(-c4cc5ccccc5c5oc6ccccc6c45)cc3)c2)cc1. The van der Waals surface area contributed by atoms with Crippen LogP contribution >= 0.6 is 0 Å². The van der Waals surface area contributed by atoms with E-state index in [1.54, 1.807) is 0 Å². The van der Waals surface area contributed by atoms with Crippen LogP contribution in [0.25, 0.3) is 76.9 Å². The van der Waals surface area contributed by atoms with Crippen LogP contribution in [0.3, 0.4) is 0 Å². The lowest BCUT2D eigenvalue weighted by Crippen LogP contribution is -2.10. The summed E-state index contributed by atoms with van der Waals surface area (Å²) < 4.78 is 6.51. The topological polar surface area (TPSA) is 16.4 Å². The number of anilines is 3. The molecule has 52 heavy (non-hydrogen) atoms. The van der Waals surface area contributed by atoms with Crippen LogP contribution in [0.15, 0.2) is 205 Å². The number of rotatable bonds is 6. The van der Waals surface area contributed by atoms with Gasteiger partial charge < -0.3 is 9.32 Å². The molecule has 0 bridgehead atoms. The van der Waals surface area contributed by atoms with E-state index in [0.29, 0.717) is 0 Å². The smallest absolute Gasteiger partial charge is 0.143 e. The highest BCUT2D eigenvalue weighted by Gasteiger charge is 2.18. The second-order valence-corrected chi connectivity index (χ2v) is 13.3. The molecule has 0 aliphatic carbocycles. The van der Waals surface area contributed by atoms with Crippen molar-refractivity contribution >= 4 is 60.5 Å². The van der Waals surface area contributed by atoms with Crippen molar-refractivity contribution in [2.45, 2.75) is 0 Å². The number of fused-ring (bicyclic) bond motifs is 6. The zero-order chi connectivity index (χ0) is 34.4. The van der Waals surface area contributed by atoms with Crippen molar-refractivity contribution in [2.24, 2.45) is 0 Å². The van der Waals surface area contributed by atoms with Crippen molar-refractivity contribution in [3.63, 3.8) is 0 Å². The first-order valence-corrected chi connectivity index (χ1v) is 17.8. The first-order chi connectivity index (χ1) is 25.8. The number of para-hydroxylation sites is 1. The maximum absolute atomic E-state index is 6.51. The van der Waals surface area contributed by atoms with E-state index in [1.807, 2.05) is 6.07 Å². The fourth-order valence-electron chi connectivity index (χ4n) is 7.75. The lowest BCUT2D eigenvalue weighted by Gasteiger charge is -2.26. The highest BCUT2D eigenvalue weighted by molar-refractivity contribution is 6.21. The summed E-state index contributed by atoms with van der Waals surface area (Å²) in [4.78, 5) is 2.35. The van der Waals surface area contributed by atoms with E-state index in [4.69, 9.17) is 4.42 Å². The predicted molar refractivity (Wildman–Crippen MR) is 220 cm³/mol. The van der Waals surface area contributed by atoms with E-state index in [1.165, 1.54) is 44.0 Å². The molecule has 0 atom stereocenters. The van der Waals surface area contributed by atoms with Crippen molar-refractivity contribution in [1.29, 1.82) is 0 Å². The van der Waals surface area contributed by atoms with Crippen molar-refractivity contribution in [3.8, 4) is 33.4 Å². The fraction of sp³-hybridized carbons (Fsp3) is 0. The summed E-state index contributed by atoms with van der Waals surface area (Å²) in [6.07, 6.45) is 0. The molecule has 0 unspecified atom stereocenters. The van der Waals surface area contributed by atoms with Gasteiger partial charge in [-0.2, -0.15) is 0 Å². The number of benzene rings is 9. The van der Waals surface area contributed by atoms with E-state index in [9.17, 15) is 0 Å². The average Bonchev–Trinajstić information content (AvgIpc) is 3.62. The molecule has 2 heteroatoms. The Hall–Kier alpha value is -6.90. The monoisotopic (exact) mass is 663 g/mol. The minimum absolute atomic E-state index is 0.906. The fourth-order valence-corrected chi connectivity index (χ4v) is 7.75. The molecule has 0 amide bonds. The van der Waals surface area contributed by atoms with Crippen molar-refractivity contribution in [3.05, 3.63) is 200 Å². The Morgan fingerprint density at radius 1 is 0.327 bits per heavy atom. The molecule has 0 saturated heterocycles. The van der Waals surface area contributed by atoms with Gasteiger partial charge in [0, 0.05) is 33.2 Å². The Labute approximate surface area is 302 Å². The third kappa shape index (κ3) is 5.12. The van der Waals surface area contributed by atoms with Crippen LogP contribution in [-0.4, -0.2) is 0 Å².